The van der Waals surface area contributed by atoms with Gasteiger partial charge in [-0.05, 0) is 24.1 Å². The summed E-state index contributed by atoms with van der Waals surface area (Å²) in [6.07, 6.45) is 0.657. The lowest BCUT2D eigenvalue weighted by molar-refractivity contribution is -0.130. The van der Waals surface area contributed by atoms with Crippen LogP contribution < -0.4 is 10.6 Å². The van der Waals surface area contributed by atoms with Crippen molar-refractivity contribution in [2.45, 2.75) is 19.8 Å². The Kier molecular flexibility index (Phi) is 3.87. The molecule has 0 bridgehead atoms. The standard InChI is InChI=1S/C13H13ClN2O2S/c1-7-4-11(17)16(12(18)5-7)10-6-8(14)2-3-9(10)13(15)19/h2-3,6-7H,4-5H2,1H3,(H2,15,19). The summed E-state index contributed by atoms with van der Waals surface area (Å²) in [6, 6.07) is 4.79. The molecule has 1 saturated heterocycles. The van der Waals surface area contributed by atoms with Gasteiger partial charge in [0.05, 0.1) is 5.69 Å². The minimum absolute atomic E-state index is 0.0590. The molecule has 6 heteroatoms. The number of nitrogens with two attached hydrogens (primary N) is 1. The van der Waals surface area contributed by atoms with Gasteiger partial charge >= 0.3 is 0 Å². The SMILES string of the molecule is CC1CC(=O)N(c2cc(Cl)ccc2C(N)=S)C(=O)C1. The summed E-state index contributed by atoms with van der Waals surface area (Å²) >= 11 is 10.9. The first-order valence-electron chi connectivity index (χ1n) is 5.85. The van der Waals surface area contributed by atoms with Crippen molar-refractivity contribution in [3.63, 3.8) is 0 Å². The molecule has 1 aromatic rings. The van der Waals surface area contributed by atoms with Gasteiger partial charge in [-0.25, -0.2) is 4.90 Å². The number of halogens is 1. The van der Waals surface area contributed by atoms with Crippen molar-refractivity contribution in [1.29, 1.82) is 0 Å². The van der Waals surface area contributed by atoms with Crippen LogP contribution in [0.4, 0.5) is 5.69 Å². The van der Waals surface area contributed by atoms with Crippen LogP contribution in [0.5, 0.6) is 0 Å². The van der Waals surface area contributed by atoms with Gasteiger partial charge in [0.15, 0.2) is 0 Å². The summed E-state index contributed by atoms with van der Waals surface area (Å²) in [4.78, 5) is 25.4. The van der Waals surface area contributed by atoms with Gasteiger partial charge in [0, 0.05) is 23.4 Å². The third kappa shape index (κ3) is 2.77. The Morgan fingerprint density at radius 2 is 1.95 bits per heavy atom. The molecule has 19 heavy (non-hydrogen) atoms. The second-order valence-electron chi connectivity index (χ2n) is 4.66. The van der Waals surface area contributed by atoms with Gasteiger partial charge < -0.3 is 5.73 Å². The molecule has 1 heterocycles. The van der Waals surface area contributed by atoms with E-state index in [9.17, 15) is 9.59 Å². The van der Waals surface area contributed by atoms with Gasteiger partial charge in [-0.15, -0.1) is 0 Å². The molecule has 1 aromatic carbocycles. The molecule has 0 radical (unpaired) electrons. The number of carbonyl (C=O) groups is 2. The van der Waals surface area contributed by atoms with E-state index in [-0.39, 0.29) is 22.7 Å². The third-order valence-corrected chi connectivity index (χ3v) is 3.47. The van der Waals surface area contributed by atoms with Crippen molar-refractivity contribution in [2.75, 3.05) is 4.90 Å². The Labute approximate surface area is 121 Å². The van der Waals surface area contributed by atoms with E-state index in [4.69, 9.17) is 29.6 Å². The maximum atomic E-state index is 12.1. The highest BCUT2D eigenvalue weighted by Gasteiger charge is 2.33. The molecule has 1 fully saturated rings. The highest BCUT2D eigenvalue weighted by molar-refractivity contribution is 7.80. The van der Waals surface area contributed by atoms with E-state index in [0.717, 1.165) is 4.90 Å². The molecule has 100 valence electrons. The zero-order chi connectivity index (χ0) is 14.2. The predicted molar refractivity (Wildman–Crippen MR) is 78.2 cm³/mol. The summed E-state index contributed by atoms with van der Waals surface area (Å²) in [5.74, 6) is -0.434. The van der Waals surface area contributed by atoms with Crippen LogP contribution >= 0.6 is 23.8 Å². The fourth-order valence-electron chi connectivity index (χ4n) is 2.16. The molecule has 2 amide bonds. The number of anilines is 1. The molecule has 1 aliphatic rings. The Morgan fingerprint density at radius 3 is 2.47 bits per heavy atom. The molecule has 1 aliphatic heterocycles. The van der Waals surface area contributed by atoms with E-state index in [2.05, 4.69) is 0 Å². The number of thiocarbonyl (C=S) groups is 1. The number of rotatable bonds is 2. The maximum Gasteiger partial charge on any atom is 0.234 e. The molecule has 0 aromatic heterocycles. The minimum Gasteiger partial charge on any atom is -0.389 e. The first-order chi connectivity index (χ1) is 8.90. The van der Waals surface area contributed by atoms with Crippen LogP contribution in [0, 0.1) is 5.92 Å². The average molecular weight is 297 g/mol. The van der Waals surface area contributed by atoms with Crippen molar-refractivity contribution < 1.29 is 9.59 Å². The van der Waals surface area contributed by atoms with Crippen LogP contribution in [-0.4, -0.2) is 16.8 Å². The summed E-state index contributed by atoms with van der Waals surface area (Å²) in [5, 5.41) is 0.425. The normalized spacial score (nSPS) is 16.8. The molecule has 4 nitrogen and oxygen atoms in total. The van der Waals surface area contributed by atoms with Crippen molar-refractivity contribution in [2.24, 2.45) is 11.7 Å². The lowest BCUT2D eigenvalue weighted by Crippen LogP contribution is -2.43. The van der Waals surface area contributed by atoms with Gasteiger partial charge in [-0.3, -0.25) is 9.59 Å². The van der Waals surface area contributed by atoms with Crippen LogP contribution in [-0.2, 0) is 9.59 Å². The molecular formula is C13H13ClN2O2S. The highest BCUT2D eigenvalue weighted by Crippen LogP contribution is 2.30. The zero-order valence-electron chi connectivity index (χ0n) is 10.4. The van der Waals surface area contributed by atoms with Crippen LogP contribution in [0.25, 0.3) is 0 Å². The number of carbonyl (C=O) groups excluding carboxylic acids is 2. The Bertz CT molecular complexity index is 556. The number of amides is 2. The lowest BCUT2D eigenvalue weighted by atomic mass is 9.96. The number of imide groups is 1. The van der Waals surface area contributed by atoms with E-state index in [1.165, 1.54) is 0 Å². The van der Waals surface area contributed by atoms with Gasteiger partial charge in [0.2, 0.25) is 11.8 Å². The average Bonchev–Trinajstić information content (AvgIpc) is 2.27. The van der Waals surface area contributed by atoms with Crippen molar-refractivity contribution >= 4 is 46.3 Å². The van der Waals surface area contributed by atoms with Crippen molar-refractivity contribution in [1.82, 2.24) is 0 Å². The van der Waals surface area contributed by atoms with Crippen molar-refractivity contribution in [3.05, 3.63) is 28.8 Å². The van der Waals surface area contributed by atoms with Crippen LogP contribution in [0.15, 0.2) is 18.2 Å². The van der Waals surface area contributed by atoms with Crippen LogP contribution in [0.2, 0.25) is 5.02 Å². The second-order valence-corrected chi connectivity index (χ2v) is 5.54. The molecule has 2 rings (SSSR count). The Balaban J connectivity index is 2.51. The molecule has 0 aliphatic carbocycles. The summed E-state index contributed by atoms with van der Waals surface area (Å²) in [6.45, 7) is 1.87. The van der Waals surface area contributed by atoms with Gasteiger partial charge in [0.1, 0.15) is 4.99 Å². The Hall–Kier alpha value is -1.46. The smallest absolute Gasteiger partial charge is 0.234 e. The zero-order valence-corrected chi connectivity index (χ0v) is 11.9. The fraction of sp³-hybridized carbons (Fsp3) is 0.308. The van der Waals surface area contributed by atoms with Gasteiger partial charge in [-0.1, -0.05) is 30.7 Å². The maximum absolute atomic E-state index is 12.1. The topological polar surface area (TPSA) is 63.4 Å². The Morgan fingerprint density at radius 1 is 1.37 bits per heavy atom. The summed E-state index contributed by atoms with van der Waals surface area (Å²) in [7, 11) is 0. The van der Waals surface area contributed by atoms with Crippen molar-refractivity contribution in [3.8, 4) is 0 Å². The van der Waals surface area contributed by atoms with E-state index >= 15 is 0 Å². The molecule has 0 spiro atoms. The highest BCUT2D eigenvalue weighted by atomic mass is 35.5. The fourth-order valence-corrected chi connectivity index (χ4v) is 2.50. The number of hydrogen-bond donors (Lipinski definition) is 1. The van der Waals surface area contributed by atoms with Crippen LogP contribution in [0.3, 0.4) is 0 Å². The largest absolute Gasteiger partial charge is 0.389 e. The second kappa shape index (κ2) is 5.27. The number of benzene rings is 1. The minimum atomic E-state index is -0.247. The summed E-state index contributed by atoms with van der Waals surface area (Å²) in [5.41, 5.74) is 6.49. The van der Waals surface area contributed by atoms with E-state index in [0.29, 0.717) is 29.1 Å². The quantitative estimate of drug-likeness (QED) is 0.672. The lowest BCUT2D eigenvalue weighted by Gasteiger charge is -2.29. The molecule has 0 unspecified atom stereocenters. The number of nitrogens with zero attached hydrogens (tertiary/aromatic N) is 1. The van der Waals surface area contributed by atoms with Crippen LogP contribution in [0.1, 0.15) is 25.3 Å². The third-order valence-electron chi connectivity index (χ3n) is 3.01. The molecule has 0 saturated carbocycles. The predicted octanol–water partition coefficient (Wildman–Crippen LogP) is 2.26. The molecule has 2 N–H and O–H groups in total. The molecule has 0 atom stereocenters. The van der Waals surface area contributed by atoms with E-state index in [1.807, 2.05) is 6.92 Å². The van der Waals surface area contributed by atoms with Gasteiger partial charge in [-0.2, -0.15) is 0 Å². The number of hydrogen-bond acceptors (Lipinski definition) is 3. The van der Waals surface area contributed by atoms with E-state index in [1.54, 1.807) is 18.2 Å². The first-order valence-corrected chi connectivity index (χ1v) is 6.64. The summed E-state index contributed by atoms with van der Waals surface area (Å²) < 4.78 is 0. The number of piperidine rings is 1. The first kappa shape index (κ1) is 14.0. The van der Waals surface area contributed by atoms with E-state index < -0.39 is 0 Å². The molecular weight excluding hydrogens is 284 g/mol. The monoisotopic (exact) mass is 296 g/mol. The van der Waals surface area contributed by atoms with Gasteiger partial charge in [0.25, 0.3) is 0 Å².